The van der Waals surface area contributed by atoms with E-state index in [1.165, 1.54) is 17.8 Å². The molecular weight excluding hydrogens is 374 g/mol. The van der Waals surface area contributed by atoms with E-state index in [4.69, 9.17) is 10.2 Å². The van der Waals surface area contributed by atoms with Gasteiger partial charge in [0.15, 0.2) is 5.82 Å². The molecule has 0 spiro atoms. The Labute approximate surface area is 166 Å². The number of aromatic nitrogens is 3. The first-order valence-corrected chi connectivity index (χ1v) is 9.07. The number of nitrogens with two attached hydrogens (primary N) is 1. The number of hydrogen-bond donors (Lipinski definition) is 1. The Balaban J connectivity index is 1.46. The molecule has 0 radical (unpaired) electrons. The Morgan fingerprint density at radius 2 is 1.69 bits per heavy atom. The summed E-state index contributed by atoms with van der Waals surface area (Å²) in [6.45, 7) is 3.20. The largest absolute Gasteiger partial charge is 0.433 e. The number of piperazine rings is 1. The van der Waals surface area contributed by atoms with Crippen molar-refractivity contribution >= 4 is 35.6 Å². The molecule has 3 heterocycles. The summed E-state index contributed by atoms with van der Waals surface area (Å²) in [5.41, 5.74) is 7.04. The molecular formula is C19H19N7O3. The fourth-order valence-corrected chi connectivity index (χ4v) is 3.10. The van der Waals surface area contributed by atoms with E-state index in [-0.39, 0.29) is 11.8 Å². The van der Waals surface area contributed by atoms with Crippen molar-refractivity contribution < 1.29 is 9.34 Å². The zero-order valence-electron chi connectivity index (χ0n) is 15.5. The highest BCUT2D eigenvalue weighted by atomic mass is 16.6. The van der Waals surface area contributed by atoms with E-state index in [2.05, 4.69) is 36.9 Å². The van der Waals surface area contributed by atoms with E-state index < -0.39 is 4.92 Å². The van der Waals surface area contributed by atoms with Gasteiger partial charge in [0, 0.05) is 31.9 Å². The quantitative estimate of drug-likeness (QED) is 0.513. The maximum atomic E-state index is 10.7. The minimum Gasteiger partial charge on any atom is -0.401 e. The van der Waals surface area contributed by atoms with Crippen molar-refractivity contribution in [2.45, 2.75) is 0 Å². The molecule has 148 valence electrons. The normalized spacial score (nSPS) is 14.5. The second-order valence-corrected chi connectivity index (χ2v) is 6.43. The number of para-hydroxylation sites is 1. The lowest BCUT2D eigenvalue weighted by Crippen LogP contribution is -2.47. The predicted octanol–water partition coefficient (Wildman–Crippen LogP) is 2.45. The lowest BCUT2D eigenvalue weighted by molar-refractivity contribution is -0.402. The molecule has 0 atom stereocenters. The van der Waals surface area contributed by atoms with Crippen molar-refractivity contribution in [3.8, 4) is 0 Å². The van der Waals surface area contributed by atoms with Crippen LogP contribution in [0.2, 0.25) is 0 Å². The summed E-state index contributed by atoms with van der Waals surface area (Å²) < 4.78 is 5.09. The van der Waals surface area contributed by atoms with E-state index in [1.54, 1.807) is 12.2 Å². The topological polar surface area (TPSA) is 127 Å². The van der Waals surface area contributed by atoms with Crippen LogP contribution in [0.4, 0.5) is 23.5 Å². The van der Waals surface area contributed by atoms with E-state index in [9.17, 15) is 10.1 Å². The predicted molar refractivity (Wildman–Crippen MR) is 109 cm³/mol. The maximum Gasteiger partial charge on any atom is 0.433 e. The first kappa shape index (κ1) is 18.4. The van der Waals surface area contributed by atoms with Gasteiger partial charge in [-0.15, -0.1) is 0 Å². The van der Waals surface area contributed by atoms with Gasteiger partial charge in [-0.25, -0.2) is 0 Å². The molecule has 1 aromatic carbocycles. The number of nitrogen functional groups attached to an aromatic ring is 1. The van der Waals surface area contributed by atoms with Gasteiger partial charge in [0.05, 0.1) is 6.07 Å². The molecule has 2 N–H and O–H groups in total. The summed E-state index contributed by atoms with van der Waals surface area (Å²) in [5.74, 6) is 0.989. The van der Waals surface area contributed by atoms with Crippen LogP contribution in [0.3, 0.4) is 0 Å². The van der Waals surface area contributed by atoms with E-state index in [0.29, 0.717) is 17.5 Å². The molecule has 4 rings (SSSR count). The Bertz CT molecular complexity index is 1030. The monoisotopic (exact) mass is 393 g/mol. The van der Waals surface area contributed by atoms with E-state index in [0.717, 1.165) is 26.2 Å². The Morgan fingerprint density at radius 3 is 2.38 bits per heavy atom. The highest BCUT2D eigenvalue weighted by molar-refractivity contribution is 5.65. The molecule has 2 aromatic heterocycles. The standard InChI is InChI=1S/C19H19N7O3/c20-18-21-16(8-6-15-7-9-17(29-15)26(27)28)22-19(23-18)25-12-10-24(11-13-25)14-4-2-1-3-5-14/h1-9H,10-13H2,(H2,20,21,22,23)/b8-6-. The van der Waals surface area contributed by atoms with Gasteiger partial charge < -0.3 is 20.0 Å². The van der Waals surface area contributed by atoms with Gasteiger partial charge in [-0.2, -0.15) is 15.0 Å². The van der Waals surface area contributed by atoms with Crippen LogP contribution in [0.15, 0.2) is 46.9 Å². The molecule has 0 unspecified atom stereocenters. The zero-order chi connectivity index (χ0) is 20.2. The summed E-state index contributed by atoms with van der Waals surface area (Å²) in [5, 5.41) is 10.7. The number of nitrogens with zero attached hydrogens (tertiary/aromatic N) is 6. The summed E-state index contributed by atoms with van der Waals surface area (Å²) in [6.07, 6.45) is 3.14. The molecule has 10 nitrogen and oxygen atoms in total. The molecule has 0 saturated carbocycles. The van der Waals surface area contributed by atoms with Gasteiger partial charge in [-0.3, -0.25) is 10.1 Å². The second kappa shape index (κ2) is 7.97. The third kappa shape index (κ3) is 4.32. The molecule has 0 aliphatic carbocycles. The average molecular weight is 393 g/mol. The molecule has 3 aromatic rings. The SMILES string of the molecule is Nc1nc(/C=C\c2ccc([N+](=O)[O-])o2)nc(N2CCN(c3ccccc3)CC2)n1. The molecule has 1 fully saturated rings. The lowest BCUT2D eigenvalue weighted by atomic mass is 10.2. The van der Waals surface area contributed by atoms with Gasteiger partial charge in [-0.05, 0) is 30.4 Å². The van der Waals surface area contributed by atoms with Crippen molar-refractivity contribution in [1.82, 2.24) is 15.0 Å². The summed E-state index contributed by atoms with van der Waals surface area (Å²) in [6, 6.07) is 13.0. The number of furan rings is 1. The highest BCUT2D eigenvalue weighted by Crippen LogP contribution is 2.20. The van der Waals surface area contributed by atoms with E-state index in [1.807, 2.05) is 18.2 Å². The fourth-order valence-electron chi connectivity index (χ4n) is 3.10. The molecule has 0 bridgehead atoms. The number of rotatable bonds is 5. The lowest BCUT2D eigenvalue weighted by Gasteiger charge is -2.36. The van der Waals surface area contributed by atoms with Crippen LogP contribution in [0, 0.1) is 10.1 Å². The van der Waals surface area contributed by atoms with E-state index >= 15 is 0 Å². The second-order valence-electron chi connectivity index (χ2n) is 6.43. The average Bonchev–Trinajstić information content (AvgIpc) is 3.22. The van der Waals surface area contributed by atoms with Crippen molar-refractivity contribution in [2.24, 2.45) is 0 Å². The first-order chi connectivity index (χ1) is 14.1. The molecule has 10 heteroatoms. The van der Waals surface area contributed by atoms with Crippen molar-refractivity contribution in [2.75, 3.05) is 41.7 Å². The zero-order valence-corrected chi connectivity index (χ0v) is 15.5. The molecule has 1 saturated heterocycles. The van der Waals surface area contributed by atoms with Crippen LogP contribution in [-0.2, 0) is 0 Å². The summed E-state index contributed by atoms with van der Waals surface area (Å²) in [7, 11) is 0. The number of benzene rings is 1. The number of hydrogen-bond acceptors (Lipinski definition) is 9. The van der Waals surface area contributed by atoms with Crippen molar-refractivity contribution in [3.05, 3.63) is 64.2 Å². The molecule has 0 amide bonds. The van der Waals surface area contributed by atoms with Gasteiger partial charge >= 0.3 is 5.88 Å². The first-order valence-electron chi connectivity index (χ1n) is 9.07. The third-order valence-electron chi connectivity index (χ3n) is 4.53. The van der Waals surface area contributed by atoms with Gasteiger partial charge in [0.2, 0.25) is 11.9 Å². The smallest absolute Gasteiger partial charge is 0.401 e. The minimum absolute atomic E-state index is 0.116. The van der Waals surface area contributed by atoms with Crippen LogP contribution in [0.5, 0.6) is 0 Å². The Morgan fingerprint density at radius 1 is 0.966 bits per heavy atom. The van der Waals surface area contributed by atoms with Crippen LogP contribution >= 0.6 is 0 Å². The summed E-state index contributed by atoms with van der Waals surface area (Å²) in [4.78, 5) is 27.3. The fraction of sp³-hybridized carbons (Fsp3) is 0.211. The van der Waals surface area contributed by atoms with Gasteiger partial charge in [-0.1, -0.05) is 18.2 Å². The van der Waals surface area contributed by atoms with Crippen molar-refractivity contribution in [3.63, 3.8) is 0 Å². The van der Waals surface area contributed by atoms with Crippen LogP contribution < -0.4 is 15.5 Å². The van der Waals surface area contributed by atoms with Crippen molar-refractivity contribution in [1.29, 1.82) is 0 Å². The van der Waals surface area contributed by atoms with Gasteiger partial charge in [0.1, 0.15) is 10.7 Å². The molecule has 1 aliphatic heterocycles. The molecule has 1 aliphatic rings. The highest BCUT2D eigenvalue weighted by Gasteiger charge is 2.20. The Hall–Kier alpha value is -3.95. The molecule has 29 heavy (non-hydrogen) atoms. The van der Waals surface area contributed by atoms with Crippen LogP contribution in [0.1, 0.15) is 11.6 Å². The summed E-state index contributed by atoms with van der Waals surface area (Å²) >= 11 is 0. The maximum absolute atomic E-state index is 10.7. The minimum atomic E-state index is -0.592. The number of nitro groups is 1. The third-order valence-corrected chi connectivity index (χ3v) is 4.53. The van der Waals surface area contributed by atoms with Gasteiger partial charge in [0.25, 0.3) is 0 Å². The van der Waals surface area contributed by atoms with Crippen LogP contribution in [0.25, 0.3) is 12.2 Å². The Kier molecular flexibility index (Phi) is 5.06. The number of anilines is 3. The van der Waals surface area contributed by atoms with Crippen LogP contribution in [-0.4, -0.2) is 46.1 Å².